The van der Waals surface area contributed by atoms with Gasteiger partial charge in [-0.25, -0.2) is 0 Å². The largest absolute Gasteiger partial charge is 0.497 e. The summed E-state index contributed by atoms with van der Waals surface area (Å²) in [5, 5.41) is 0. The molecular formula is C13H21NO2. The van der Waals surface area contributed by atoms with E-state index < -0.39 is 0 Å². The van der Waals surface area contributed by atoms with Crippen LogP contribution in [0.1, 0.15) is 19.8 Å². The lowest BCUT2D eigenvalue weighted by atomic mass is 10.1. The Balaban J connectivity index is 2.30. The number of hydrogen-bond donors (Lipinski definition) is 1. The Kier molecular flexibility index (Phi) is 5.72. The molecule has 0 heterocycles. The molecule has 0 aromatic heterocycles. The van der Waals surface area contributed by atoms with Crippen molar-refractivity contribution in [2.45, 2.75) is 19.8 Å². The third kappa shape index (κ3) is 4.53. The second-order valence-electron chi connectivity index (χ2n) is 4.02. The van der Waals surface area contributed by atoms with Gasteiger partial charge in [0.25, 0.3) is 0 Å². The van der Waals surface area contributed by atoms with E-state index in [4.69, 9.17) is 15.2 Å². The van der Waals surface area contributed by atoms with Crippen LogP contribution in [0.2, 0.25) is 0 Å². The maximum absolute atomic E-state index is 5.67. The molecule has 3 heteroatoms. The quantitative estimate of drug-likeness (QED) is 0.772. The lowest BCUT2D eigenvalue weighted by Gasteiger charge is -2.12. The molecule has 16 heavy (non-hydrogen) atoms. The Morgan fingerprint density at radius 2 is 1.81 bits per heavy atom. The molecule has 2 N–H and O–H groups in total. The number of hydrogen-bond acceptors (Lipinski definition) is 3. The molecule has 0 spiro atoms. The first-order chi connectivity index (χ1) is 7.76. The van der Waals surface area contributed by atoms with Crippen LogP contribution in [0.25, 0.3) is 0 Å². The summed E-state index contributed by atoms with van der Waals surface area (Å²) in [5.41, 5.74) is 5.46. The highest BCUT2D eigenvalue weighted by Gasteiger charge is 2.02. The molecule has 0 aliphatic carbocycles. The Labute approximate surface area is 97.6 Å². The normalized spacial score (nSPS) is 12.2. The van der Waals surface area contributed by atoms with E-state index in [0.29, 0.717) is 5.92 Å². The molecule has 1 aromatic carbocycles. The number of rotatable bonds is 7. The summed E-state index contributed by atoms with van der Waals surface area (Å²) in [7, 11) is 1.66. The first-order valence-electron chi connectivity index (χ1n) is 5.73. The zero-order valence-corrected chi connectivity index (χ0v) is 10.1. The van der Waals surface area contributed by atoms with Gasteiger partial charge in [0.2, 0.25) is 0 Å². The smallest absolute Gasteiger partial charge is 0.119 e. The molecule has 0 saturated carbocycles. The molecule has 0 bridgehead atoms. The van der Waals surface area contributed by atoms with Crippen molar-refractivity contribution < 1.29 is 9.47 Å². The van der Waals surface area contributed by atoms with Crippen molar-refractivity contribution in [3.05, 3.63) is 24.3 Å². The van der Waals surface area contributed by atoms with Gasteiger partial charge in [0, 0.05) is 0 Å². The highest BCUT2D eigenvalue weighted by atomic mass is 16.5. The van der Waals surface area contributed by atoms with Gasteiger partial charge in [-0.15, -0.1) is 0 Å². The molecule has 1 rings (SSSR count). The lowest BCUT2D eigenvalue weighted by Crippen LogP contribution is -2.10. The summed E-state index contributed by atoms with van der Waals surface area (Å²) in [6.45, 7) is 3.68. The fourth-order valence-electron chi connectivity index (χ4n) is 1.46. The van der Waals surface area contributed by atoms with E-state index in [2.05, 4.69) is 6.92 Å². The minimum Gasteiger partial charge on any atom is -0.497 e. The average molecular weight is 223 g/mol. The zero-order chi connectivity index (χ0) is 11.8. The minimum atomic E-state index is 0.547. The maximum Gasteiger partial charge on any atom is 0.119 e. The third-order valence-corrected chi connectivity index (χ3v) is 2.50. The molecule has 0 aliphatic rings. The number of nitrogens with two attached hydrogens (primary N) is 1. The number of ether oxygens (including phenoxy) is 2. The summed E-state index contributed by atoms with van der Waals surface area (Å²) in [6, 6.07) is 7.66. The van der Waals surface area contributed by atoms with Crippen molar-refractivity contribution in [3.8, 4) is 11.5 Å². The predicted octanol–water partition coefficient (Wildman–Crippen LogP) is 2.45. The van der Waals surface area contributed by atoms with E-state index in [1.54, 1.807) is 7.11 Å². The van der Waals surface area contributed by atoms with E-state index >= 15 is 0 Å². The van der Waals surface area contributed by atoms with Crippen LogP contribution < -0.4 is 15.2 Å². The van der Waals surface area contributed by atoms with Crippen LogP contribution >= 0.6 is 0 Å². The highest BCUT2D eigenvalue weighted by molar-refractivity contribution is 5.31. The Bertz CT molecular complexity index is 284. The molecule has 0 saturated heterocycles. The van der Waals surface area contributed by atoms with Crippen LogP contribution in [-0.2, 0) is 0 Å². The Morgan fingerprint density at radius 3 is 2.38 bits per heavy atom. The van der Waals surface area contributed by atoms with Gasteiger partial charge in [-0.05, 0) is 49.6 Å². The molecule has 3 nitrogen and oxygen atoms in total. The van der Waals surface area contributed by atoms with Crippen molar-refractivity contribution >= 4 is 0 Å². The van der Waals surface area contributed by atoms with Crippen LogP contribution in [0.5, 0.6) is 11.5 Å². The maximum atomic E-state index is 5.67. The topological polar surface area (TPSA) is 44.5 Å². The Hall–Kier alpha value is -1.22. The fourth-order valence-corrected chi connectivity index (χ4v) is 1.46. The summed E-state index contributed by atoms with van der Waals surface area (Å²) in [4.78, 5) is 0. The lowest BCUT2D eigenvalue weighted by molar-refractivity contribution is 0.250. The summed E-state index contributed by atoms with van der Waals surface area (Å²) >= 11 is 0. The molecule has 0 fully saturated rings. The molecule has 1 aromatic rings. The second kappa shape index (κ2) is 7.12. The first kappa shape index (κ1) is 12.8. The Morgan fingerprint density at radius 1 is 1.19 bits per heavy atom. The highest BCUT2D eigenvalue weighted by Crippen LogP contribution is 2.18. The van der Waals surface area contributed by atoms with Crippen molar-refractivity contribution in [1.82, 2.24) is 0 Å². The van der Waals surface area contributed by atoms with Gasteiger partial charge in [-0.2, -0.15) is 0 Å². The molecule has 0 aliphatic heterocycles. The summed E-state index contributed by atoms with van der Waals surface area (Å²) in [6.07, 6.45) is 2.18. The molecule has 0 amide bonds. The molecule has 0 radical (unpaired) electrons. The van der Waals surface area contributed by atoms with Gasteiger partial charge >= 0.3 is 0 Å². The van der Waals surface area contributed by atoms with Gasteiger partial charge in [0.1, 0.15) is 11.5 Å². The SMILES string of the molecule is COc1ccc(OCC(C)CCCN)cc1. The van der Waals surface area contributed by atoms with Crippen LogP contribution in [0, 0.1) is 5.92 Å². The van der Waals surface area contributed by atoms with E-state index in [0.717, 1.165) is 37.5 Å². The standard InChI is InChI=1S/C13H21NO2/c1-11(4-3-9-14)10-16-13-7-5-12(15-2)6-8-13/h5-8,11H,3-4,9-10,14H2,1-2H3. The van der Waals surface area contributed by atoms with Gasteiger partial charge in [0.05, 0.1) is 13.7 Å². The first-order valence-corrected chi connectivity index (χ1v) is 5.73. The molecule has 1 atom stereocenters. The molecule has 1 unspecified atom stereocenters. The van der Waals surface area contributed by atoms with Crippen LogP contribution in [0.4, 0.5) is 0 Å². The van der Waals surface area contributed by atoms with E-state index in [9.17, 15) is 0 Å². The van der Waals surface area contributed by atoms with Crippen molar-refractivity contribution in [2.24, 2.45) is 11.7 Å². The average Bonchev–Trinajstić information content (AvgIpc) is 2.34. The third-order valence-electron chi connectivity index (χ3n) is 2.50. The summed E-state index contributed by atoms with van der Waals surface area (Å²) in [5.74, 6) is 2.29. The molecule has 90 valence electrons. The summed E-state index contributed by atoms with van der Waals surface area (Å²) < 4.78 is 10.7. The van der Waals surface area contributed by atoms with Gasteiger partial charge < -0.3 is 15.2 Å². The second-order valence-corrected chi connectivity index (χ2v) is 4.02. The van der Waals surface area contributed by atoms with Gasteiger partial charge in [-0.1, -0.05) is 6.92 Å². The van der Waals surface area contributed by atoms with E-state index in [1.807, 2.05) is 24.3 Å². The van der Waals surface area contributed by atoms with E-state index in [-0.39, 0.29) is 0 Å². The minimum absolute atomic E-state index is 0.547. The zero-order valence-electron chi connectivity index (χ0n) is 10.1. The monoisotopic (exact) mass is 223 g/mol. The molecular weight excluding hydrogens is 202 g/mol. The van der Waals surface area contributed by atoms with Crippen molar-refractivity contribution in [2.75, 3.05) is 20.3 Å². The van der Waals surface area contributed by atoms with E-state index in [1.165, 1.54) is 0 Å². The van der Waals surface area contributed by atoms with Crippen LogP contribution in [0.3, 0.4) is 0 Å². The van der Waals surface area contributed by atoms with Crippen molar-refractivity contribution in [1.29, 1.82) is 0 Å². The van der Waals surface area contributed by atoms with Crippen LogP contribution in [-0.4, -0.2) is 20.3 Å². The van der Waals surface area contributed by atoms with Crippen molar-refractivity contribution in [3.63, 3.8) is 0 Å². The number of methoxy groups -OCH3 is 1. The number of benzene rings is 1. The van der Waals surface area contributed by atoms with Gasteiger partial charge in [-0.3, -0.25) is 0 Å². The predicted molar refractivity (Wildman–Crippen MR) is 65.9 cm³/mol. The van der Waals surface area contributed by atoms with Crippen LogP contribution in [0.15, 0.2) is 24.3 Å². The van der Waals surface area contributed by atoms with Gasteiger partial charge in [0.15, 0.2) is 0 Å². The fraction of sp³-hybridized carbons (Fsp3) is 0.538.